The molecule has 0 aromatic rings. The molecule has 1 heterocycles. The van der Waals surface area contributed by atoms with Gasteiger partial charge in [-0.15, -0.1) is 0 Å². The van der Waals surface area contributed by atoms with E-state index < -0.39 is 0 Å². The lowest BCUT2D eigenvalue weighted by Crippen LogP contribution is -2.45. The van der Waals surface area contributed by atoms with Gasteiger partial charge in [-0.1, -0.05) is 6.92 Å². The Hall–Kier alpha value is -0.240. The zero-order valence-corrected chi connectivity index (χ0v) is 8.02. The van der Waals surface area contributed by atoms with E-state index in [1.54, 1.807) is 0 Å². The number of rotatable bonds is 3. The molecule has 0 spiro atoms. The van der Waals surface area contributed by atoms with Crippen LogP contribution >= 0.6 is 11.8 Å². The number of nitrogens with one attached hydrogen (secondary N) is 1. The van der Waals surface area contributed by atoms with Crippen molar-refractivity contribution in [1.29, 1.82) is 5.26 Å². The Morgan fingerprint density at radius 3 is 3.00 bits per heavy atom. The molecule has 1 aliphatic heterocycles. The van der Waals surface area contributed by atoms with E-state index >= 15 is 0 Å². The van der Waals surface area contributed by atoms with Gasteiger partial charge in [0.25, 0.3) is 0 Å². The topological polar surface area (TPSA) is 56.0 Å². The lowest BCUT2D eigenvalue weighted by Gasteiger charge is -2.20. The maximum absolute atomic E-state index is 8.95. The van der Waals surface area contributed by atoms with Crippen molar-refractivity contribution >= 4 is 11.8 Å². The minimum Gasteiger partial charge on any atom is -0.395 e. The van der Waals surface area contributed by atoms with Gasteiger partial charge in [-0.05, 0) is 6.42 Å². The summed E-state index contributed by atoms with van der Waals surface area (Å²) in [6, 6.07) is 2.30. The molecule has 1 aliphatic rings. The molecule has 0 saturated carbocycles. The number of hydrogen-bond donors (Lipinski definition) is 2. The first-order chi connectivity index (χ1) is 5.72. The van der Waals surface area contributed by atoms with Gasteiger partial charge in [0.1, 0.15) is 5.54 Å². The van der Waals surface area contributed by atoms with Gasteiger partial charge in [0.05, 0.1) is 12.7 Å². The predicted molar refractivity (Wildman–Crippen MR) is 50.0 cm³/mol. The van der Waals surface area contributed by atoms with Gasteiger partial charge in [-0.25, -0.2) is 0 Å². The fraction of sp³-hybridized carbons (Fsp3) is 0.875. The molecule has 0 aromatic carbocycles. The maximum Gasteiger partial charge on any atom is 0.117 e. The summed E-state index contributed by atoms with van der Waals surface area (Å²) in [6.45, 7) is 2.74. The van der Waals surface area contributed by atoms with Gasteiger partial charge in [0.2, 0.25) is 0 Å². The van der Waals surface area contributed by atoms with E-state index in [-0.39, 0.29) is 12.1 Å². The number of nitrogens with zero attached hydrogens (tertiary/aromatic N) is 1. The molecule has 4 heteroatoms. The second-order valence-corrected chi connectivity index (χ2v) is 4.60. The third kappa shape index (κ3) is 2.13. The normalized spacial score (nSPS) is 34.9. The largest absolute Gasteiger partial charge is 0.395 e. The average molecular weight is 186 g/mol. The first kappa shape index (κ1) is 9.85. The van der Waals surface area contributed by atoms with Crippen molar-refractivity contribution in [2.45, 2.75) is 24.1 Å². The summed E-state index contributed by atoms with van der Waals surface area (Å²) in [5.41, 5.74) is -0.382. The number of aliphatic hydroxyl groups excluding tert-OH is 1. The summed E-state index contributed by atoms with van der Waals surface area (Å²) >= 11 is 1.81. The second kappa shape index (κ2) is 4.13. The lowest BCUT2D eigenvalue weighted by molar-refractivity contribution is 0.275. The quantitative estimate of drug-likeness (QED) is 0.668. The molecular formula is C8H14N2OS. The van der Waals surface area contributed by atoms with Crippen LogP contribution in [0.15, 0.2) is 0 Å². The molecule has 1 rings (SSSR count). The zero-order valence-electron chi connectivity index (χ0n) is 7.21. The first-order valence-corrected chi connectivity index (χ1v) is 5.16. The van der Waals surface area contributed by atoms with Crippen molar-refractivity contribution in [3.8, 4) is 6.07 Å². The van der Waals surface area contributed by atoms with Crippen LogP contribution in [-0.4, -0.2) is 34.8 Å². The van der Waals surface area contributed by atoms with Crippen LogP contribution in [0.1, 0.15) is 13.3 Å². The third-order valence-electron chi connectivity index (χ3n) is 2.04. The van der Waals surface area contributed by atoms with Gasteiger partial charge >= 0.3 is 0 Å². The SMILES string of the molecule is CC1CC(C#N)(NCCO)CS1. The number of nitriles is 1. The summed E-state index contributed by atoms with van der Waals surface area (Å²) in [6.07, 6.45) is 0.883. The molecule has 0 radical (unpaired) electrons. The van der Waals surface area contributed by atoms with Crippen LogP contribution in [0.3, 0.4) is 0 Å². The van der Waals surface area contributed by atoms with E-state index in [2.05, 4.69) is 18.3 Å². The Morgan fingerprint density at radius 2 is 2.58 bits per heavy atom. The Morgan fingerprint density at radius 1 is 1.83 bits per heavy atom. The van der Waals surface area contributed by atoms with Gasteiger partial charge in [0.15, 0.2) is 0 Å². The number of aliphatic hydroxyl groups is 1. The van der Waals surface area contributed by atoms with Crippen molar-refractivity contribution in [1.82, 2.24) is 5.32 Å². The van der Waals surface area contributed by atoms with Crippen LogP contribution in [0.5, 0.6) is 0 Å². The zero-order chi connectivity index (χ0) is 9.03. The monoisotopic (exact) mass is 186 g/mol. The Kier molecular flexibility index (Phi) is 3.39. The number of hydrogen-bond acceptors (Lipinski definition) is 4. The fourth-order valence-electron chi connectivity index (χ4n) is 1.43. The molecule has 0 bridgehead atoms. The molecule has 0 amide bonds. The van der Waals surface area contributed by atoms with Crippen LogP contribution in [0.4, 0.5) is 0 Å². The molecule has 2 N–H and O–H groups in total. The van der Waals surface area contributed by atoms with Gasteiger partial charge in [0, 0.05) is 17.5 Å². The fourth-order valence-corrected chi connectivity index (χ4v) is 2.68. The summed E-state index contributed by atoms with van der Waals surface area (Å²) in [4.78, 5) is 0. The van der Waals surface area contributed by atoms with Crippen LogP contribution in [-0.2, 0) is 0 Å². The summed E-state index contributed by atoms with van der Waals surface area (Å²) in [5.74, 6) is 0.838. The molecule has 2 unspecified atom stereocenters. The average Bonchev–Trinajstić information content (AvgIpc) is 2.45. The third-order valence-corrected chi connectivity index (χ3v) is 3.43. The van der Waals surface area contributed by atoms with Gasteiger partial charge in [-0.2, -0.15) is 17.0 Å². The van der Waals surface area contributed by atoms with Crippen LogP contribution in [0.25, 0.3) is 0 Å². The minimum absolute atomic E-state index is 0.0997. The Bertz CT molecular complexity index is 192. The van der Waals surface area contributed by atoms with Crippen LogP contribution < -0.4 is 5.32 Å². The number of β-amino-alcohol motifs (C(OH)–C–C–N with tert-alkyl or cyclic N) is 1. The highest BCUT2D eigenvalue weighted by Crippen LogP contribution is 2.33. The number of thioether (sulfide) groups is 1. The molecule has 1 saturated heterocycles. The standard InChI is InChI=1S/C8H14N2OS/c1-7-4-8(5-9,6-12-7)10-2-3-11/h7,10-11H,2-4,6H2,1H3. The summed E-state index contributed by atoms with van der Waals surface area (Å²) in [7, 11) is 0. The van der Waals surface area contributed by atoms with Crippen LogP contribution in [0.2, 0.25) is 0 Å². The lowest BCUT2D eigenvalue weighted by atomic mass is 9.98. The highest BCUT2D eigenvalue weighted by Gasteiger charge is 2.37. The second-order valence-electron chi connectivity index (χ2n) is 3.17. The highest BCUT2D eigenvalue weighted by molar-refractivity contribution is 8.00. The summed E-state index contributed by atoms with van der Waals surface area (Å²) < 4.78 is 0. The molecule has 12 heavy (non-hydrogen) atoms. The Balaban J connectivity index is 2.48. The van der Waals surface area contributed by atoms with Gasteiger partial charge in [-0.3, -0.25) is 5.32 Å². The molecular weight excluding hydrogens is 172 g/mol. The van der Waals surface area contributed by atoms with Crippen molar-refractivity contribution < 1.29 is 5.11 Å². The van der Waals surface area contributed by atoms with Crippen LogP contribution in [0, 0.1) is 11.3 Å². The molecule has 68 valence electrons. The van der Waals surface area contributed by atoms with Crippen molar-refractivity contribution in [3.05, 3.63) is 0 Å². The van der Waals surface area contributed by atoms with Crippen molar-refractivity contribution in [2.24, 2.45) is 0 Å². The molecule has 0 aliphatic carbocycles. The van der Waals surface area contributed by atoms with E-state index in [0.29, 0.717) is 11.8 Å². The predicted octanol–water partition coefficient (Wildman–Crippen LogP) is 0.356. The summed E-state index contributed by atoms with van der Waals surface area (Å²) in [5, 5.41) is 21.2. The van der Waals surface area contributed by atoms with Crippen molar-refractivity contribution in [3.63, 3.8) is 0 Å². The first-order valence-electron chi connectivity index (χ1n) is 4.11. The highest BCUT2D eigenvalue weighted by atomic mass is 32.2. The van der Waals surface area contributed by atoms with E-state index in [9.17, 15) is 0 Å². The smallest absolute Gasteiger partial charge is 0.117 e. The minimum atomic E-state index is -0.382. The molecule has 2 atom stereocenters. The maximum atomic E-state index is 8.95. The Labute approximate surface area is 77.1 Å². The molecule has 0 aromatic heterocycles. The van der Waals surface area contributed by atoms with E-state index in [4.69, 9.17) is 10.4 Å². The van der Waals surface area contributed by atoms with E-state index in [1.165, 1.54) is 0 Å². The van der Waals surface area contributed by atoms with E-state index in [1.807, 2.05) is 11.8 Å². The van der Waals surface area contributed by atoms with Gasteiger partial charge < -0.3 is 5.11 Å². The van der Waals surface area contributed by atoms with E-state index in [0.717, 1.165) is 12.2 Å². The van der Waals surface area contributed by atoms with Crippen molar-refractivity contribution in [2.75, 3.05) is 18.9 Å². The molecule has 3 nitrogen and oxygen atoms in total. The molecule has 1 fully saturated rings.